The van der Waals surface area contributed by atoms with Crippen LogP contribution in [0.2, 0.25) is 0 Å². The van der Waals surface area contributed by atoms with Crippen molar-refractivity contribution in [3.63, 3.8) is 0 Å². The average Bonchev–Trinajstić information content (AvgIpc) is 3.05. The Morgan fingerprint density at radius 2 is 1.93 bits per heavy atom. The van der Waals surface area contributed by atoms with Crippen molar-refractivity contribution in [2.75, 3.05) is 52.3 Å². The van der Waals surface area contributed by atoms with Gasteiger partial charge in [-0.2, -0.15) is 4.31 Å². The first-order chi connectivity index (χ1) is 14.3. The fraction of sp³-hybridized carbons (Fsp3) is 0.611. The van der Waals surface area contributed by atoms with Crippen LogP contribution < -0.4 is 5.56 Å². The minimum absolute atomic E-state index is 0.0898. The number of carbonyl (C=O) groups excluding carboxylic acids is 1. The monoisotopic (exact) mass is 458 g/mol. The number of hydrogen-bond donors (Lipinski definition) is 1. The van der Waals surface area contributed by atoms with Crippen molar-refractivity contribution in [2.45, 2.75) is 20.4 Å². The molecule has 1 aliphatic heterocycles. The van der Waals surface area contributed by atoms with E-state index in [-0.39, 0.29) is 17.9 Å². The van der Waals surface area contributed by atoms with Crippen molar-refractivity contribution in [3.05, 3.63) is 26.6 Å². The minimum Gasteiger partial charge on any atom is -0.459 e. The summed E-state index contributed by atoms with van der Waals surface area (Å²) < 4.78 is 35.5. The second-order valence-corrected chi connectivity index (χ2v) is 10.2. The number of methoxy groups -OCH3 is 1. The number of H-pyrrole nitrogens is 1. The second-order valence-electron chi connectivity index (χ2n) is 6.95. The van der Waals surface area contributed by atoms with Crippen LogP contribution in [0.15, 0.2) is 4.79 Å². The average molecular weight is 459 g/mol. The number of piperazine rings is 1. The molecule has 2 aromatic rings. The van der Waals surface area contributed by atoms with Crippen molar-refractivity contribution in [1.29, 1.82) is 0 Å². The van der Waals surface area contributed by atoms with Gasteiger partial charge in [0, 0.05) is 33.3 Å². The van der Waals surface area contributed by atoms with Crippen LogP contribution in [0.25, 0.3) is 10.2 Å². The lowest BCUT2D eigenvalue weighted by Gasteiger charge is -2.33. The molecule has 0 aliphatic carbocycles. The van der Waals surface area contributed by atoms with Gasteiger partial charge in [-0.1, -0.05) is 0 Å². The fourth-order valence-corrected chi connectivity index (χ4v) is 5.48. The van der Waals surface area contributed by atoms with E-state index in [4.69, 9.17) is 9.47 Å². The molecule has 0 atom stereocenters. The lowest BCUT2D eigenvalue weighted by molar-refractivity contribution is 0.0393. The molecule has 0 bridgehead atoms. The van der Waals surface area contributed by atoms with Gasteiger partial charge in [0.2, 0.25) is 10.0 Å². The summed E-state index contributed by atoms with van der Waals surface area (Å²) in [4.78, 5) is 35.1. The van der Waals surface area contributed by atoms with Gasteiger partial charge < -0.3 is 14.5 Å². The summed E-state index contributed by atoms with van der Waals surface area (Å²) in [5.74, 6) is 0.0774. The molecule has 0 unspecified atom stereocenters. The highest BCUT2D eigenvalue weighted by Crippen LogP contribution is 2.27. The van der Waals surface area contributed by atoms with Crippen LogP contribution in [0, 0.1) is 6.92 Å². The number of hydrogen-bond acceptors (Lipinski definition) is 9. The zero-order valence-electron chi connectivity index (χ0n) is 17.3. The van der Waals surface area contributed by atoms with Crippen LogP contribution in [0.3, 0.4) is 0 Å². The Bertz CT molecular complexity index is 1070. The van der Waals surface area contributed by atoms with E-state index >= 15 is 0 Å². The van der Waals surface area contributed by atoms with Gasteiger partial charge in [0.25, 0.3) is 5.56 Å². The first-order valence-corrected chi connectivity index (χ1v) is 12.1. The Kier molecular flexibility index (Phi) is 7.24. The maximum atomic E-state index is 12.6. The smallest absolute Gasteiger partial charge is 0.348 e. The Labute approximate surface area is 178 Å². The maximum Gasteiger partial charge on any atom is 0.348 e. The molecule has 1 saturated heterocycles. The summed E-state index contributed by atoms with van der Waals surface area (Å²) in [6, 6.07) is 0. The summed E-state index contributed by atoms with van der Waals surface area (Å²) in [5, 5.41) is 0.390. The summed E-state index contributed by atoms with van der Waals surface area (Å²) in [7, 11) is -1.67. The Morgan fingerprint density at radius 3 is 2.57 bits per heavy atom. The van der Waals surface area contributed by atoms with E-state index in [9.17, 15) is 18.0 Å². The number of thiophene rings is 1. The quantitative estimate of drug-likeness (QED) is 0.450. The largest absolute Gasteiger partial charge is 0.459 e. The molecule has 0 spiro atoms. The standard InChI is InChI=1S/C18H26N4O6S2/c1-4-30(25,26)22-7-5-21(6-8-22)11-13-19-16(23)14-12(2)15(29-17(14)20-13)18(24)28-10-9-27-3/h4-11H2,1-3H3,(H,19,20,23). The van der Waals surface area contributed by atoms with Gasteiger partial charge >= 0.3 is 5.97 Å². The number of sulfonamides is 1. The molecule has 0 saturated carbocycles. The van der Waals surface area contributed by atoms with E-state index in [1.54, 1.807) is 13.8 Å². The number of carbonyl (C=O) groups is 1. The topological polar surface area (TPSA) is 122 Å². The number of rotatable bonds is 8. The van der Waals surface area contributed by atoms with Crippen LogP contribution >= 0.6 is 11.3 Å². The van der Waals surface area contributed by atoms with Crippen molar-refractivity contribution in [3.8, 4) is 0 Å². The van der Waals surface area contributed by atoms with Gasteiger partial charge in [-0.3, -0.25) is 9.69 Å². The van der Waals surface area contributed by atoms with Crippen LogP contribution in [0.5, 0.6) is 0 Å². The van der Waals surface area contributed by atoms with Gasteiger partial charge in [-0.25, -0.2) is 18.2 Å². The Balaban J connectivity index is 1.74. The predicted molar refractivity (Wildman–Crippen MR) is 113 cm³/mol. The molecule has 2 aromatic heterocycles. The molecular formula is C18H26N4O6S2. The van der Waals surface area contributed by atoms with Crippen molar-refractivity contribution in [2.24, 2.45) is 0 Å². The van der Waals surface area contributed by atoms with Crippen LogP contribution in [-0.4, -0.2) is 85.8 Å². The van der Waals surface area contributed by atoms with Crippen LogP contribution in [-0.2, 0) is 26.0 Å². The third-order valence-corrected chi connectivity index (χ3v) is 8.07. The van der Waals surface area contributed by atoms with E-state index in [1.807, 2.05) is 4.90 Å². The first kappa shape index (κ1) is 22.8. The van der Waals surface area contributed by atoms with Gasteiger partial charge in [-0.05, 0) is 19.4 Å². The lowest BCUT2D eigenvalue weighted by atomic mass is 10.2. The van der Waals surface area contributed by atoms with E-state index in [2.05, 4.69) is 9.97 Å². The Morgan fingerprint density at radius 1 is 1.23 bits per heavy atom. The maximum absolute atomic E-state index is 12.6. The second kappa shape index (κ2) is 9.52. The molecule has 0 aromatic carbocycles. The van der Waals surface area contributed by atoms with E-state index in [0.29, 0.717) is 65.8 Å². The number of ether oxygens (including phenoxy) is 2. The van der Waals surface area contributed by atoms with E-state index < -0.39 is 16.0 Å². The van der Waals surface area contributed by atoms with Gasteiger partial charge in [-0.15, -0.1) is 11.3 Å². The highest BCUT2D eigenvalue weighted by Gasteiger charge is 2.26. The number of fused-ring (bicyclic) bond motifs is 1. The third-order valence-electron chi connectivity index (χ3n) is 5.02. The molecule has 0 radical (unpaired) electrons. The van der Waals surface area contributed by atoms with Crippen LogP contribution in [0.1, 0.15) is 28.0 Å². The number of nitrogens with zero attached hydrogens (tertiary/aromatic N) is 3. The molecule has 30 heavy (non-hydrogen) atoms. The van der Waals surface area contributed by atoms with Crippen molar-refractivity contribution >= 4 is 37.5 Å². The van der Waals surface area contributed by atoms with Gasteiger partial charge in [0.1, 0.15) is 22.1 Å². The van der Waals surface area contributed by atoms with E-state index in [0.717, 1.165) is 11.3 Å². The summed E-state index contributed by atoms with van der Waals surface area (Å²) in [5.41, 5.74) is 0.253. The summed E-state index contributed by atoms with van der Waals surface area (Å²) in [6.45, 7) is 6.12. The minimum atomic E-state index is -3.19. The van der Waals surface area contributed by atoms with E-state index in [1.165, 1.54) is 11.4 Å². The first-order valence-electron chi connectivity index (χ1n) is 9.65. The molecular weight excluding hydrogens is 432 g/mol. The number of aromatic amines is 1. The highest BCUT2D eigenvalue weighted by molar-refractivity contribution is 7.89. The SMILES string of the molecule is CCS(=O)(=O)N1CCN(Cc2nc3sc(C(=O)OCCOC)c(C)c3c(=O)[nH]2)CC1. The molecule has 12 heteroatoms. The molecule has 1 aliphatic rings. The molecule has 0 amide bonds. The fourth-order valence-electron chi connectivity index (χ4n) is 3.30. The molecule has 1 N–H and O–H groups in total. The number of aromatic nitrogens is 2. The lowest BCUT2D eigenvalue weighted by Crippen LogP contribution is -2.48. The number of esters is 1. The summed E-state index contributed by atoms with van der Waals surface area (Å²) in [6.07, 6.45) is 0. The zero-order chi connectivity index (χ0) is 21.9. The number of aryl methyl sites for hydroxylation is 1. The number of nitrogens with one attached hydrogen (secondary N) is 1. The Hall–Kier alpha value is -1.86. The molecule has 3 rings (SSSR count). The molecule has 3 heterocycles. The normalized spacial score (nSPS) is 16.2. The molecule has 166 valence electrons. The van der Waals surface area contributed by atoms with Crippen LogP contribution in [0.4, 0.5) is 0 Å². The third kappa shape index (κ3) is 4.89. The summed E-state index contributed by atoms with van der Waals surface area (Å²) >= 11 is 1.13. The van der Waals surface area contributed by atoms with Crippen molar-refractivity contribution in [1.82, 2.24) is 19.2 Å². The predicted octanol–water partition coefficient (Wildman–Crippen LogP) is 0.564. The molecule has 10 nitrogen and oxygen atoms in total. The van der Waals surface area contributed by atoms with Gasteiger partial charge in [0.15, 0.2) is 0 Å². The van der Waals surface area contributed by atoms with Gasteiger partial charge in [0.05, 0.1) is 24.3 Å². The van der Waals surface area contributed by atoms with Crippen molar-refractivity contribution < 1.29 is 22.7 Å². The highest BCUT2D eigenvalue weighted by atomic mass is 32.2. The zero-order valence-corrected chi connectivity index (χ0v) is 18.9. The molecule has 1 fully saturated rings.